The molecule has 0 unspecified atom stereocenters. The van der Waals surface area contributed by atoms with Crippen molar-refractivity contribution in [1.29, 1.82) is 0 Å². The normalized spacial score (nSPS) is 27.2. The van der Waals surface area contributed by atoms with Crippen molar-refractivity contribution in [3.63, 3.8) is 0 Å². The van der Waals surface area contributed by atoms with Crippen LogP contribution in [0.25, 0.3) is 0 Å². The molecular formula is C13H21NO9S. The molecule has 4 atom stereocenters. The van der Waals surface area contributed by atoms with Crippen LogP contribution >= 0.6 is 0 Å². The zero-order chi connectivity index (χ0) is 18.5. The first-order valence-corrected chi connectivity index (χ1v) is 8.87. The predicted molar refractivity (Wildman–Crippen MR) is 78.7 cm³/mol. The van der Waals surface area contributed by atoms with E-state index in [1.165, 1.54) is 6.92 Å². The molecule has 1 fully saturated rings. The Hall–Kier alpha value is -1.72. The van der Waals surface area contributed by atoms with Gasteiger partial charge < -0.3 is 18.9 Å². The Bertz CT molecular complexity index is 562. The van der Waals surface area contributed by atoms with Crippen molar-refractivity contribution in [3.05, 3.63) is 0 Å². The summed E-state index contributed by atoms with van der Waals surface area (Å²) in [5.74, 6) is -2.38. The van der Waals surface area contributed by atoms with Gasteiger partial charge in [-0.25, -0.2) is 13.6 Å². The van der Waals surface area contributed by atoms with Crippen LogP contribution < -0.4 is 5.14 Å². The largest absolute Gasteiger partial charge is 0.458 e. The highest BCUT2D eigenvalue weighted by Crippen LogP contribution is 2.28. The molecule has 0 aromatic heterocycles. The predicted octanol–water partition coefficient (Wildman–Crippen LogP) is -0.793. The Morgan fingerprint density at radius 2 is 1.58 bits per heavy atom. The second kappa shape index (κ2) is 8.40. The summed E-state index contributed by atoms with van der Waals surface area (Å²) in [6.45, 7) is 3.44. The molecule has 0 aromatic rings. The maximum atomic E-state index is 11.3. The highest BCUT2D eigenvalue weighted by Gasteiger charge is 2.45. The molecule has 1 aliphatic heterocycles. The molecule has 0 saturated carbocycles. The standard InChI is InChI=1S/C13H21NO9S/c1-7(15)20-11-6-10(4-5-24(14,18)19)23-13(22-9(3)17)12(11)21-8(2)16/h10-13H,4-6H2,1-3H3,(H2,14,18,19)/t10-,11+,12+,13+/m1/s1. The zero-order valence-corrected chi connectivity index (χ0v) is 14.4. The number of esters is 3. The first kappa shape index (κ1) is 20.3. The summed E-state index contributed by atoms with van der Waals surface area (Å²) in [5.41, 5.74) is 0. The number of carbonyl (C=O) groups is 3. The maximum Gasteiger partial charge on any atom is 0.305 e. The molecule has 24 heavy (non-hydrogen) atoms. The molecule has 0 aromatic carbocycles. The van der Waals surface area contributed by atoms with Crippen molar-refractivity contribution in [3.8, 4) is 0 Å². The Labute approximate surface area is 139 Å². The fourth-order valence-electron chi connectivity index (χ4n) is 2.28. The van der Waals surface area contributed by atoms with E-state index in [4.69, 9.17) is 24.1 Å². The number of rotatable bonds is 6. The number of hydrogen-bond acceptors (Lipinski definition) is 9. The van der Waals surface area contributed by atoms with Gasteiger partial charge in [-0.3, -0.25) is 14.4 Å². The molecule has 1 heterocycles. The highest BCUT2D eigenvalue weighted by molar-refractivity contribution is 7.89. The minimum absolute atomic E-state index is 0.00115. The lowest BCUT2D eigenvalue weighted by molar-refractivity contribution is -0.266. The van der Waals surface area contributed by atoms with Crippen molar-refractivity contribution in [2.75, 3.05) is 5.75 Å². The minimum atomic E-state index is -3.72. The van der Waals surface area contributed by atoms with E-state index in [-0.39, 0.29) is 18.6 Å². The van der Waals surface area contributed by atoms with Crippen molar-refractivity contribution >= 4 is 27.9 Å². The molecule has 1 rings (SSSR count). The van der Waals surface area contributed by atoms with Crippen LogP contribution in [0.3, 0.4) is 0 Å². The van der Waals surface area contributed by atoms with E-state index in [2.05, 4.69) is 0 Å². The summed E-state index contributed by atoms with van der Waals surface area (Å²) >= 11 is 0. The van der Waals surface area contributed by atoms with Gasteiger partial charge in [-0.1, -0.05) is 0 Å². The van der Waals surface area contributed by atoms with Crippen LogP contribution in [-0.4, -0.2) is 56.7 Å². The number of hydrogen-bond donors (Lipinski definition) is 1. The van der Waals surface area contributed by atoms with E-state index >= 15 is 0 Å². The van der Waals surface area contributed by atoms with E-state index in [1.54, 1.807) is 0 Å². The molecular weight excluding hydrogens is 346 g/mol. The Kier molecular flexibility index (Phi) is 7.11. The second-order valence-corrected chi connectivity index (χ2v) is 7.08. The van der Waals surface area contributed by atoms with E-state index < -0.39 is 52.5 Å². The average molecular weight is 367 g/mol. The summed E-state index contributed by atoms with van der Waals surface area (Å²) in [6.07, 6.45) is -4.08. The van der Waals surface area contributed by atoms with Gasteiger partial charge in [0, 0.05) is 27.2 Å². The first-order valence-electron chi connectivity index (χ1n) is 7.15. The van der Waals surface area contributed by atoms with Crippen LogP contribution in [0.1, 0.15) is 33.6 Å². The number of carbonyl (C=O) groups excluding carboxylic acids is 3. The van der Waals surface area contributed by atoms with Crippen LogP contribution in [0.2, 0.25) is 0 Å². The van der Waals surface area contributed by atoms with E-state index in [9.17, 15) is 22.8 Å². The second-order valence-electron chi connectivity index (χ2n) is 5.35. The molecule has 1 saturated heterocycles. The van der Waals surface area contributed by atoms with Gasteiger partial charge in [-0.15, -0.1) is 0 Å². The van der Waals surface area contributed by atoms with Gasteiger partial charge in [-0.2, -0.15) is 0 Å². The molecule has 0 spiro atoms. The molecule has 1 aliphatic rings. The Morgan fingerprint density at radius 1 is 1.04 bits per heavy atom. The third kappa shape index (κ3) is 7.23. The van der Waals surface area contributed by atoms with Gasteiger partial charge in [0.2, 0.25) is 22.4 Å². The van der Waals surface area contributed by atoms with Crippen molar-refractivity contribution < 1.29 is 41.7 Å². The van der Waals surface area contributed by atoms with Crippen molar-refractivity contribution in [1.82, 2.24) is 0 Å². The number of primary sulfonamides is 1. The third-order valence-electron chi connectivity index (χ3n) is 3.08. The molecule has 0 aliphatic carbocycles. The lowest BCUT2D eigenvalue weighted by Crippen LogP contribution is -2.53. The lowest BCUT2D eigenvalue weighted by Gasteiger charge is -2.39. The Balaban J connectivity index is 2.96. The maximum absolute atomic E-state index is 11.3. The van der Waals surface area contributed by atoms with Crippen LogP contribution in [-0.2, 0) is 43.4 Å². The zero-order valence-electron chi connectivity index (χ0n) is 13.6. The molecule has 11 heteroatoms. The van der Waals surface area contributed by atoms with E-state index in [1.807, 2.05) is 0 Å². The molecule has 0 radical (unpaired) electrons. The van der Waals surface area contributed by atoms with Gasteiger partial charge >= 0.3 is 17.9 Å². The number of sulfonamides is 1. The van der Waals surface area contributed by atoms with Crippen LogP contribution in [0.15, 0.2) is 0 Å². The fourth-order valence-corrected chi connectivity index (χ4v) is 2.87. The summed E-state index contributed by atoms with van der Waals surface area (Å²) in [7, 11) is -3.72. The van der Waals surface area contributed by atoms with Crippen LogP contribution in [0.5, 0.6) is 0 Å². The van der Waals surface area contributed by atoms with Gasteiger partial charge in [-0.05, 0) is 6.42 Å². The molecule has 0 amide bonds. The molecule has 10 nitrogen and oxygen atoms in total. The quantitative estimate of drug-likeness (QED) is 0.470. The van der Waals surface area contributed by atoms with Gasteiger partial charge in [0.25, 0.3) is 0 Å². The monoisotopic (exact) mass is 367 g/mol. The van der Waals surface area contributed by atoms with Crippen LogP contribution in [0, 0.1) is 0 Å². The van der Waals surface area contributed by atoms with Crippen molar-refractivity contribution in [2.24, 2.45) is 5.14 Å². The number of nitrogens with two attached hydrogens (primary N) is 1. The van der Waals surface area contributed by atoms with Crippen molar-refractivity contribution in [2.45, 2.75) is 58.2 Å². The summed E-state index contributed by atoms with van der Waals surface area (Å²) < 4.78 is 42.8. The summed E-state index contributed by atoms with van der Waals surface area (Å²) in [5, 5.41) is 4.95. The minimum Gasteiger partial charge on any atom is -0.458 e. The molecule has 0 bridgehead atoms. The van der Waals surface area contributed by atoms with E-state index in [0.29, 0.717) is 0 Å². The Morgan fingerprint density at radius 3 is 2.04 bits per heavy atom. The topological polar surface area (TPSA) is 148 Å². The SMILES string of the molecule is CC(=O)O[C@H]1O[C@H](CCS(N)(=O)=O)C[C@H](OC(C)=O)[C@@H]1OC(C)=O. The summed E-state index contributed by atoms with van der Waals surface area (Å²) in [4.78, 5) is 33.8. The average Bonchev–Trinajstić information content (AvgIpc) is 2.37. The smallest absolute Gasteiger partial charge is 0.305 e. The third-order valence-corrected chi connectivity index (χ3v) is 3.89. The van der Waals surface area contributed by atoms with Crippen LogP contribution in [0.4, 0.5) is 0 Å². The number of ether oxygens (including phenoxy) is 4. The van der Waals surface area contributed by atoms with Gasteiger partial charge in [0.05, 0.1) is 11.9 Å². The molecule has 2 N–H and O–H groups in total. The highest BCUT2D eigenvalue weighted by atomic mass is 32.2. The van der Waals surface area contributed by atoms with Gasteiger partial charge in [0.15, 0.2) is 0 Å². The van der Waals surface area contributed by atoms with Gasteiger partial charge in [0.1, 0.15) is 6.10 Å². The van der Waals surface area contributed by atoms with E-state index in [0.717, 1.165) is 13.8 Å². The molecule has 138 valence electrons. The lowest BCUT2D eigenvalue weighted by atomic mass is 10.00. The summed E-state index contributed by atoms with van der Waals surface area (Å²) in [6, 6.07) is 0. The first-order chi connectivity index (χ1) is 11.0. The fraction of sp³-hybridized carbons (Fsp3) is 0.769.